The summed E-state index contributed by atoms with van der Waals surface area (Å²) in [5.41, 5.74) is 1.70. The Morgan fingerprint density at radius 3 is 2.62 bits per heavy atom. The smallest absolute Gasteiger partial charge is 0.285 e. The Morgan fingerprint density at radius 1 is 1.19 bits per heavy atom. The van der Waals surface area contributed by atoms with Gasteiger partial charge >= 0.3 is 0 Å². The highest BCUT2D eigenvalue weighted by Gasteiger charge is 2.15. The van der Waals surface area contributed by atoms with Crippen LogP contribution in [0, 0.1) is 12.7 Å². The van der Waals surface area contributed by atoms with Crippen molar-refractivity contribution in [2.75, 3.05) is 13.2 Å². The van der Waals surface area contributed by atoms with Gasteiger partial charge in [0.1, 0.15) is 5.82 Å². The minimum absolute atomic E-state index is 0.128. The molecule has 138 valence electrons. The van der Waals surface area contributed by atoms with Crippen molar-refractivity contribution in [2.24, 2.45) is 4.40 Å². The highest BCUT2D eigenvalue weighted by Crippen LogP contribution is 2.20. The molecule has 1 heterocycles. The molecule has 2 aromatic carbocycles. The van der Waals surface area contributed by atoms with E-state index >= 15 is 0 Å². The quantitative estimate of drug-likeness (QED) is 0.602. The van der Waals surface area contributed by atoms with Crippen LogP contribution in [0.1, 0.15) is 12.5 Å². The lowest BCUT2D eigenvalue weighted by atomic mass is 10.2. The second kappa shape index (κ2) is 7.69. The summed E-state index contributed by atoms with van der Waals surface area (Å²) in [5.74, 6) is -0.372. The van der Waals surface area contributed by atoms with Crippen LogP contribution in [0.4, 0.5) is 4.39 Å². The van der Waals surface area contributed by atoms with E-state index in [0.29, 0.717) is 29.3 Å². The van der Waals surface area contributed by atoms with Gasteiger partial charge in [-0.1, -0.05) is 29.0 Å². The van der Waals surface area contributed by atoms with Crippen molar-refractivity contribution in [3.05, 3.63) is 58.6 Å². The molecular formula is C18H19FN2O3S2. The van der Waals surface area contributed by atoms with E-state index in [4.69, 9.17) is 4.74 Å². The van der Waals surface area contributed by atoms with Crippen LogP contribution in [0.15, 0.2) is 51.8 Å². The lowest BCUT2D eigenvalue weighted by Gasteiger charge is -2.05. The van der Waals surface area contributed by atoms with Gasteiger partial charge in [-0.15, -0.1) is 4.40 Å². The first-order valence-corrected chi connectivity index (χ1v) is 10.4. The molecule has 5 nitrogen and oxygen atoms in total. The first kappa shape index (κ1) is 18.8. The number of rotatable bonds is 6. The molecule has 8 heteroatoms. The summed E-state index contributed by atoms with van der Waals surface area (Å²) in [7, 11) is -3.86. The minimum Gasteiger partial charge on any atom is -0.380 e. The summed E-state index contributed by atoms with van der Waals surface area (Å²) >= 11 is 1.14. The van der Waals surface area contributed by atoms with Gasteiger partial charge in [-0.25, -0.2) is 4.39 Å². The molecule has 0 atom stereocenters. The van der Waals surface area contributed by atoms with Crippen molar-refractivity contribution in [1.82, 2.24) is 4.57 Å². The molecule has 3 aromatic rings. The fourth-order valence-electron chi connectivity index (χ4n) is 2.50. The maximum atomic E-state index is 13.5. The molecule has 0 saturated carbocycles. The van der Waals surface area contributed by atoms with Crippen LogP contribution < -0.4 is 4.80 Å². The monoisotopic (exact) mass is 394 g/mol. The van der Waals surface area contributed by atoms with E-state index in [1.807, 2.05) is 13.8 Å². The van der Waals surface area contributed by atoms with Crippen LogP contribution in [0.3, 0.4) is 0 Å². The Morgan fingerprint density at radius 2 is 1.92 bits per heavy atom. The van der Waals surface area contributed by atoms with Crippen LogP contribution in [-0.4, -0.2) is 26.2 Å². The second-order valence-electron chi connectivity index (χ2n) is 5.72. The Kier molecular flexibility index (Phi) is 5.55. The van der Waals surface area contributed by atoms with Gasteiger partial charge < -0.3 is 9.30 Å². The van der Waals surface area contributed by atoms with Gasteiger partial charge in [0.05, 0.1) is 21.7 Å². The normalized spacial score (nSPS) is 12.8. The zero-order valence-electron chi connectivity index (χ0n) is 14.5. The zero-order valence-corrected chi connectivity index (χ0v) is 16.1. The molecule has 0 saturated heterocycles. The highest BCUT2D eigenvalue weighted by molar-refractivity contribution is 7.90. The zero-order chi connectivity index (χ0) is 18.7. The number of fused-ring (bicyclic) bond motifs is 1. The number of thiazole rings is 1. The van der Waals surface area contributed by atoms with E-state index in [0.717, 1.165) is 22.4 Å². The molecule has 0 aliphatic carbocycles. The van der Waals surface area contributed by atoms with Gasteiger partial charge in [0.25, 0.3) is 10.0 Å². The molecule has 0 unspecified atom stereocenters. The number of aryl methyl sites for hydroxylation is 1. The Hall–Kier alpha value is -2.03. The molecule has 0 N–H and O–H groups in total. The summed E-state index contributed by atoms with van der Waals surface area (Å²) in [6.45, 7) is 5.18. The topological polar surface area (TPSA) is 60.7 Å². The minimum atomic E-state index is -3.86. The largest absolute Gasteiger partial charge is 0.380 e. The average molecular weight is 394 g/mol. The van der Waals surface area contributed by atoms with Gasteiger partial charge in [-0.3, -0.25) is 0 Å². The molecule has 26 heavy (non-hydrogen) atoms. The number of sulfonamides is 1. The Balaban J connectivity index is 2.14. The number of nitrogens with zero attached hydrogens (tertiary/aromatic N) is 2. The number of hydrogen-bond donors (Lipinski definition) is 0. The van der Waals surface area contributed by atoms with E-state index in [9.17, 15) is 12.8 Å². The Labute approximate surface area is 155 Å². The van der Waals surface area contributed by atoms with E-state index in [2.05, 4.69) is 4.40 Å². The lowest BCUT2D eigenvalue weighted by molar-refractivity contribution is 0.139. The van der Waals surface area contributed by atoms with Crippen LogP contribution in [0.2, 0.25) is 0 Å². The molecule has 0 radical (unpaired) electrons. The summed E-state index contributed by atoms with van der Waals surface area (Å²) in [6.07, 6.45) is 0. The van der Waals surface area contributed by atoms with Crippen molar-refractivity contribution in [3.63, 3.8) is 0 Å². The Bertz CT molecular complexity index is 1080. The molecule has 3 rings (SSSR count). The fraction of sp³-hybridized carbons (Fsp3) is 0.278. The van der Waals surface area contributed by atoms with Crippen molar-refractivity contribution in [3.8, 4) is 0 Å². The van der Waals surface area contributed by atoms with Crippen LogP contribution >= 0.6 is 11.3 Å². The first-order valence-electron chi connectivity index (χ1n) is 8.15. The van der Waals surface area contributed by atoms with Gasteiger partial charge in [-0.05, 0) is 44.2 Å². The molecule has 0 fully saturated rings. The molecule has 1 aromatic heterocycles. The number of benzene rings is 2. The molecule has 0 spiro atoms. The van der Waals surface area contributed by atoms with Crippen LogP contribution in [-0.2, 0) is 21.3 Å². The summed E-state index contributed by atoms with van der Waals surface area (Å²) in [5, 5.41) is 0. The van der Waals surface area contributed by atoms with E-state index in [1.165, 1.54) is 24.3 Å². The molecular weight excluding hydrogens is 375 g/mol. The number of hydrogen-bond acceptors (Lipinski definition) is 4. The fourth-order valence-corrected chi connectivity index (χ4v) is 4.78. The van der Waals surface area contributed by atoms with Gasteiger partial charge in [0.2, 0.25) is 4.80 Å². The van der Waals surface area contributed by atoms with Crippen molar-refractivity contribution >= 4 is 31.6 Å². The third kappa shape index (κ3) is 4.03. The van der Waals surface area contributed by atoms with E-state index in [-0.39, 0.29) is 10.7 Å². The van der Waals surface area contributed by atoms with Gasteiger partial charge in [0.15, 0.2) is 0 Å². The highest BCUT2D eigenvalue weighted by atomic mass is 32.2. The van der Waals surface area contributed by atoms with Gasteiger partial charge in [-0.2, -0.15) is 8.42 Å². The van der Waals surface area contributed by atoms with Crippen molar-refractivity contribution in [2.45, 2.75) is 25.3 Å². The summed E-state index contributed by atoms with van der Waals surface area (Å²) < 4.78 is 50.7. The predicted molar refractivity (Wildman–Crippen MR) is 100 cm³/mol. The van der Waals surface area contributed by atoms with Gasteiger partial charge in [0, 0.05) is 13.2 Å². The van der Waals surface area contributed by atoms with Crippen molar-refractivity contribution < 1.29 is 17.5 Å². The molecule has 0 aliphatic rings. The predicted octanol–water partition coefficient (Wildman–Crippen LogP) is 3.48. The van der Waals surface area contributed by atoms with E-state index < -0.39 is 10.0 Å². The average Bonchev–Trinajstić information content (AvgIpc) is 2.91. The van der Waals surface area contributed by atoms with E-state index in [1.54, 1.807) is 22.8 Å². The second-order valence-corrected chi connectivity index (χ2v) is 8.34. The third-order valence-corrected chi connectivity index (χ3v) is 6.26. The van der Waals surface area contributed by atoms with Crippen LogP contribution in [0.5, 0.6) is 0 Å². The summed E-state index contributed by atoms with van der Waals surface area (Å²) in [4.78, 5) is 0.425. The maximum Gasteiger partial charge on any atom is 0.285 e. The molecule has 0 aliphatic heterocycles. The van der Waals surface area contributed by atoms with Crippen LogP contribution in [0.25, 0.3) is 10.2 Å². The SMILES string of the molecule is CCOCCn1/c(=N/S(=O)(=O)c2ccc(C)cc2)sc2cc(F)ccc21. The maximum absolute atomic E-state index is 13.5. The number of aromatic nitrogens is 1. The van der Waals surface area contributed by atoms with Crippen molar-refractivity contribution in [1.29, 1.82) is 0 Å². The first-order chi connectivity index (χ1) is 12.4. The number of ether oxygens (including phenoxy) is 1. The lowest BCUT2D eigenvalue weighted by Crippen LogP contribution is -2.19. The number of halogens is 1. The standard InChI is InChI=1S/C18H19FN2O3S2/c1-3-24-11-10-21-16-9-6-14(19)12-17(16)25-18(21)20-26(22,23)15-7-4-13(2)5-8-15/h4-9,12H,3,10-11H2,1-2H3/b20-18-. The summed E-state index contributed by atoms with van der Waals surface area (Å²) in [6, 6.07) is 10.9. The molecule has 0 amide bonds. The molecule has 0 bridgehead atoms. The third-order valence-electron chi connectivity index (χ3n) is 3.83.